The Labute approximate surface area is 108 Å². The molecule has 0 aromatic carbocycles. The Morgan fingerprint density at radius 2 is 2.24 bits per heavy atom. The van der Waals surface area contributed by atoms with E-state index < -0.39 is 0 Å². The van der Waals surface area contributed by atoms with E-state index in [1.807, 2.05) is 11.3 Å². The number of rotatable bonds is 4. The van der Waals surface area contributed by atoms with Crippen molar-refractivity contribution >= 4 is 11.3 Å². The minimum Gasteiger partial charge on any atom is -0.330 e. The molecule has 96 valence electrons. The van der Waals surface area contributed by atoms with Crippen LogP contribution in [0.3, 0.4) is 0 Å². The molecule has 2 N–H and O–H groups in total. The van der Waals surface area contributed by atoms with Crippen LogP contribution in [0, 0.1) is 0 Å². The quantitative estimate of drug-likeness (QED) is 0.896. The van der Waals surface area contributed by atoms with Crippen LogP contribution >= 0.6 is 11.3 Å². The highest BCUT2D eigenvalue weighted by molar-refractivity contribution is 7.09. The van der Waals surface area contributed by atoms with Gasteiger partial charge in [0.25, 0.3) is 0 Å². The minimum atomic E-state index is 0.510. The maximum absolute atomic E-state index is 5.60. The van der Waals surface area contributed by atoms with Gasteiger partial charge in [0.15, 0.2) is 0 Å². The second kappa shape index (κ2) is 5.94. The molecule has 1 aliphatic heterocycles. The molecule has 1 aromatic heterocycles. The predicted molar refractivity (Wildman–Crippen MR) is 73.7 cm³/mol. The Morgan fingerprint density at radius 1 is 1.53 bits per heavy atom. The Balaban J connectivity index is 1.98. The molecule has 1 unspecified atom stereocenters. The second-order valence-electron chi connectivity index (χ2n) is 5.17. The third-order valence-electron chi connectivity index (χ3n) is 3.71. The van der Waals surface area contributed by atoms with Crippen molar-refractivity contribution in [1.29, 1.82) is 0 Å². The molecule has 0 radical (unpaired) electrons. The van der Waals surface area contributed by atoms with Crippen LogP contribution < -0.4 is 5.73 Å². The molecular weight excluding hydrogens is 230 g/mol. The van der Waals surface area contributed by atoms with Gasteiger partial charge in [-0.25, -0.2) is 4.98 Å². The van der Waals surface area contributed by atoms with Gasteiger partial charge in [-0.1, -0.05) is 6.92 Å². The number of nitrogens with zero attached hydrogens (tertiary/aromatic N) is 2. The smallest absolute Gasteiger partial charge is 0.0960 e. The van der Waals surface area contributed by atoms with Gasteiger partial charge in [-0.15, -0.1) is 11.3 Å². The molecule has 0 bridgehead atoms. The molecule has 1 fully saturated rings. The van der Waals surface area contributed by atoms with Crippen LogP contribution in [0.4, 0.5) is 0 Å². The maximum atomic E-state index is 5.60. The van der Waals surface area contributed by atoms with Gasteiger partial charge in [-0.3, -0.25) is 0 Å². The summed E-state index contributed by atoms with van der Waals surface area (Å²) >= 11 is 1.84. The van der Waals surface area contributed by atoms with Crippen LogP contribution in [0.25, 0.3) is 0 Å². The largest absolute Gasteiger partial charge is 0.330 e. The fraction of sp³-hybridized carbons (Fsp3) is 0.769. The first kappa shape index (κ1) is 13.0. The molecule has 2 heterocycles. The summed E-state index contributed by atoms with van der Waals surface area (Å²) in [5.41, 5.74) is 6.85. The topological polar surface area (TPSA) is 42.1 Å². The first-order valence-electron chi connectivity index (χ1n) is 6.54. The third-order valence-corrected chi connectivity index (χ3v) is 4.74. The summed E-state index contributed by atoms with van der Waals surface area (Å²) in [6.45, 7) is 5.39. The average Bonchev–Trinajstić information content (AvgIpc) is 2.80. The first-order valence-corrected chi connectivity index (χ1v) is 7.42. The lowest BCUT2D eigenvalue weighted by Crippen LogP contribution is -2.29. The van der Waals surface area contributed by atoms with Crippen molar-refractivity contribution in [1.82, 2.24) is 9.88 Å². The van der Waals surface area contributed by atoms with Gasteiger partial charge in [-0.05, 0) is 45.9 Å². The summed E-state index contributed by atoms with van der Waals surface area (Å²) in [5, 5.41) is 3.57. The van der Waals surface area contributed by atoms with Crippen molar-refractivity contribution in [2.75, 3.05) is 26.7 Å². The van der Waals surface area contributed by atoms with E-state index in [0.29, 0.717) is 11.8 Å². The predicted octanol–water partition coefficient (Wildman–Crippen LogP) is 2.40. The van der Waals surface area contributed by atoms with Crippen LogP contribution in [-0.4, -0.2) is 36.6 Å². The van der Waals surface area contributed by atoms with Gasteiger partial charge in [0, 0.05) is 17.2 Å². The highest BCUT2D eigenvalue weighted by Crippen LogP contribution is 2.31. The number of hydrogen-bond donors (Lipinski definition) is 1. The summed E-state index contributed by atoms with van der Waals surface area (Å²) in [6, 6.07) is 0. The Morgan fingerprint density at radius 3 is 2.88 bits per heavy atom. The monoisotopic (exact) mass is 253 g/mol. The van der Waals surface area contributed by atoms with E-state index in [2.05, 4.69) is 24.3 Å². The van der Waals surface area contributed by atoms with E-state index in [0.717, 1.165) is 13.0 Å². The van der Waals surface area contributed by atoms with Gasteiger partial charge < -0.3 is 10.6 Å². The van der Waals surface area contributed by atoms with Crippen molar-refractivity contribution in [2.24, 2.45) is 5.73 Å². The normalized spacial score (nSPS) is 20.6. The molecule has 0 spiro atoms. The van der Waals surface area contributed by atoms with E-state index in [9.17, 15) is 0 Å². The van der Waals surface area contributed by atoms with Crippen molar-refractivity contribution < 1.29 is 0 Å². The van der Waals surface area contributed by atoms with E-state index in [1.54, 1.807) is 0 Å². The molecule has 1 aliphatic rings. The Kier molecular flexibility index (Phi) is 4.54. The fourth-order valence-electron chi connectivity index (χ4n) is 2.37. The van der Waals surface area contributed by atoms with Gasteiger partial charge in [0.05, 0.1) is 10.7 Å². The summed E-state index contributed by atoms with van der Waals surface area (Å²) in [5.74, 6) is 1.20. The Hall–Kier alpha value is -0.450. The van der Waals surface area contributed by atoms with Crippen LogP contribution in [0.15, 0.2) is 5.38 Å². The molecule has 1 saturated heterocycles. The second-order valence-corrected chi connectivity index (χ2v) is 6.06. The number of thiazole rings is 1. The third kappa shape index (κ3) is 3.27. The molecule has 4 heteroatoms. The van der Waals surface area contributed by atoms with Gasteiger partial charge in [0.2, 0.25) is 0 Å². The van der Waals surface area contributed by atoms with Crippen LogP contribution in [0.2, 0.25) is 0 Å². The number of piperidine rings is 1. The van der Waals surface area contributed by atoms with Crippen LogP contribution in [-0.2, 0) is 0 Å². The highest BCUT2D eigenvalue weighted by atomic mass is 32.1. The van der Waals surface area contributed by atoms with Crippen LogP contribution in [0.1, 0.15) is 48.7 Å². The number of likely N-dealkylation sites (tertiary alicyclic amines) is 1. The summed E-state index contributed by atoms with van der Waals surface area (Å²) in [6.07, 6.45) is 3.56. The van der Waals surface area contributed by atoms with E-state index in [1.165, 1.54) is 36.6 Å². The maximum Gasteiger partial charge on any atom is 0.0960 e. The minimum absolute atomic E-state index is 0.510. The van der Waals surface area contributed by atoms with Crippen molar-refractivity contribution in [3.63, 3.8) is 0 Å². The van der Waals surface area contributed by atoms with E-state index in [4.69, 9.17) is 10.7 Å². The summed E-state index contributed by atoms with van der Waals surface area (Å²) < 4.78 is 0. The molecule has 0 aliphatic carbocycles. The number of aromatic nitrogens is 1. The van der Waals surface area contributed by atoms with E-state index >= 15 is 0 Å². The average molecular weight is 253 g/mol. The standard InChI is InChI=1S/C13H23N3S/c1-10(3-6-14)12-9-17-13(15-12)11-4-7-16(2)8-5-11/h9-11H,3-8,14H2,1-2H3. The molecule has 0 amide bonds. The molecule has 1 atom stereocenters. The molecule has 0 saturated carbocycles. The lowest BCUT2D eigenvalue weighted by atomic mass is 9.98. The van der Waals surface area contributed by atoms with Crippen molar-refractivity contribution in [2.45, 2.75) is 38.0 Å². The van der Waals surface area contributed by atoms with Crippen molar-refractivity contribution in [3.05, 3.63) is 16.1 Å². The molecule has 1 aromatic rings. The molecular formula is C13H23N3S. The van der Waals surface area contributed by atoms with Crippen LogP contribution in [0.5, 0.6) is 0 Å². The summed E-state index contributed by atoms with van der Waals surface area (Å²) in [4.78, 5) is 7.23. The first-order chi connectivity index (χ1) is 8.20. The van der Waals surface area contributed by atoms with Gasteiger partial charge >= 0.3 is 0 Å². The SMILES string of the molecule is CC(CCN)c1csc(C2CCN(C)CC2)n1. The zero-order valence-corrected chi connectivity index (χ0v) is 11.7. The lowest BCUT2D eigenvalue weighted by molar-refractivity contribution is 0.255. The van der Waals surface area contributed by atoms with Gasteiger partial charge in [0.1, 0.15) is 0 Å². The molecule has 3 nitrogen and oxygen atoms in total. The lowest BCUT2D eigenvalue weighted by Gasteiger charge is -2.27. The summed E-state index contributed by atoms with van der Waals surface area (Å²) in [7, 11) is 2.20. The van der Waals surface area contributed by atoms with Crippen molar-refractivity contribution in [3.8, 4) is 0 Å². The number of nitrogens with two attached hydrogens (primary N) is 1. The fourth-order valence-corrected chi connectivity index (χ4v) is 3.48. The van der Waals surface area contributed by atoms with Gasteiger partial charge in [-0.2, -0.15) is 0 Å². The molecule has 17 heavy (non-hydrogen) atoms. The number of hydrogen-bond acceptors (Lipinski definition) is 4. The molecule has 2 rings (SSSR count). The zero-order chi connectivity index (χ0) is 12.3. The zero-order valence-electron chi connectivity index (χ0n) is 10.9. The van der Waals surface area contributed by atoms with E-state index in [-0.39, 0.29) is 0 Å². The Bertz CT molecular complexity index is 342. The highest BCUT2D eigenvalue weighted by Gasteiger charge is 2.21.